The van der Waals surface area contributed by atoms with Gasteiger partial charge in [-0.15, -0.1) is 0 Å². The highest BCUT2D eigenvalue weighted by Crippen LogP contribution is 2.25. The van der Waals surface area contributed by atoms with Crippen molar-refractivity contribution in [3.8, 4) is 5.75 Å². The van der Waals surface area contributed by atoms with Gasteiger partial charge in [0.15, 0.2) is 6.04 Å². The largest absolute Gasteiger partial charge is 0.508 e. The lowest BCUT2D eigenvalue weighted by atomic mass is 10.1. The third kappa shape index (κ3) is 3.62. The van der Waals surface area contributed by atoms with Crippen LogP contribution < -0.4 is 10.6 Å². The number of imide groups is 1. The van der Waals surface area contributed by atoms with E-state index in [1.807, 2.05) is 12.1 Å². The van der Waals surface area contributed by atoms with E-state index in [9.17, 15) is 14.4 Å². The number of aromatic nitrogens is 1. The molecule has 9 heteroatoms. The molecule has 0 radical (unpaired) electrons. The highest BCUT2D eigenvalue weighted by molar-refractivity contribution is 6.06. The number of urea groups is 1. The van der Waals surface area contributed by atoms with Gasteiger partial charge in [0.25, 0.3) is 11.8 Å². The molecule has 0 aliphatic carbocycles. The van der Waals surface area contributed by atoms with Gasteiger partial charge in [0.05, 0.1) is 5.69 Å². The molecule has 1 unspecified atom stereocenters. The minimum absolute atomic E-state index is 0.0131. The van der Waals surface area contributed by atoms with Crippen molar-refractivity contribution in [2.24, 2.45) is 0 Å². The fourth-order valence-corrected chi connectivity index (χ4v) is 3.26. The number of rotatable bonds is 1. The summed E-state index contributed by atoms with van der Waals surface area (Å²) in [5, 5.41) is 13.8. The average molecular weight is 394 g/mol. The summed E-state index contributed by atoms with van der Waals surface area (Å²) in [5.74, 6) is 0.151. The summed E-state index contributed by atoms with van der Waals surface area (Å²) < 4.78 is 5.45. The molecule has 29 heavy (non-hydrogen) atoms. The molecule has 1 aromatic carbocycles. The highest BCUT2D eigenvalue weighted by Gasteiger charge is 2.35. The van der Waals surface area contributed by atoms with Crippen LogP contribution in [0.5, 0.6) is 5.75 Å². The van der Waals surface area contributed by atoms with E-state index in [4.69, 9.17) is 9.84 Å². The van der Waals surface area contributed by atoms with Crippen LogP contribution in [-0.4, -0.2) is 45.9 Å². The first-order valence-electron chi connectivity index (χ1n) is 8.89. The molecule has 0 bridgehead atoms. The van der Waals surface area contributed by atoms with Crippen molar-refractivity contribution in [1.29, 1.82) is 0 Å². The van der Waals surface area contributed by atoms with Gasteiger partial charge >= 0.3 is 6.03 Å². The van der Waals surface area contributed by atoms with Crippen molar-refractivity contribution in [2.45, 2.75) is 19.2 Å². The number of phenols is 1. The molecule has 1 aromatic heterocycles. The number of nitrogens with one attached hydrogen (secondary N) is 2. The van der Waals surface area contributed by atoms with Gasteiger partial charge in [-0.05, 0) is 23.8 Å². The molecule has 0 spiro atoms. The second-order valence-electron chi connectivity index (χ2n) is 6.78. The predicted molar refractivity (Wildman–Crippen MR) is 101 cm³/mol. The van der Waals surface area contributed by atoms with Gasteiger partial charge in [0.2, 0.25) is 0 Å². The monoisotopic (exact) mass is 394 g/mol. The summed E-state index contributed by atoms with van der Waals surface area (Å²) >= 11 is 0. The van der Waals surface area contributed by atoms with E-state index < -0.39 is 18.0 Å². The van der Waals surface area contributed by atoms with Gasteiger partial charge in [0.1, 0.15) is 18.1 Å². The smallest absolute Gasteiger partial charge is 0.322 e. The van der Waals surface area contributed by atoms with Crippen LogP contribution in [0.1, 0.15) is 27.2 Å². The number of hydrogen-bond acceptors (Lipinski definition) is 6. The molecular weight excluding hydrogens is 376 g/mol. The van der Waals surface area contributed by atoms with Gasteiger partial charge in [0, 0.05) is 37.0 Å². The third-order valence-corrected chi connectivity index (χ3v) is 4.74. The van der Waals surface area contributed by atoms with E-state index in [-0.39, 0.29) is 11.7 Å². The Hall–Kier alpha value is -3.88. The molecule has 1 fully saturated rings. The van der Waals surface area contributed by atoms with Crippen molar-refractivity contribution in [2.75, 3.05) is 7.05 Å². The highest BCUT2D eigenvalue weighted by atomic mass is 16.5. The molecule has 3 aliphatic heterocycles. The number of fused-ring (bicyclic) bond motifs is 2. The lowest BCUT2D eigenvalue weighted by molar-refractivity contribution is -0.120. The molecule has 4 amide bonds. The Labute approximate surface area is 166 Å². The zero-order chi connectivity index (χ0) is 20.5. The van der Waals surface area contributed by atoms with E-state index in [0.29, 0.717) is 24.5 Å². The molecule has 3 N–H and O–H groups in total. The quantitative estimate of drug-likeness (QED) is 0.624. The van der Waals surface area contributed by atoms with Crippen LogP contribution in [0.25, 0.3) is 6.08 Å². The Bertz CT molecular complexity index is 1050. The zero-order valence-corrected chi connectivity index (χ0v) is 15.5. The van der Waals surface area contributed by atoms with Crippen LogP contribution in [0.2, 0.25) is 0 Å². The van der Waals surface area contributed by atoms with Gasteiger partial charge < -0.3 is 20.1 Å². The summed E-state index contributed by atoms with van der Waals surface area (Å²) in [6.45, 7) is 1.00. The van der Waals surface area contributed by atoms with Crippen LogP contribution in [0, 0.1) is 0 Å². The van der Waals surface area contributed by atoms with Crippen LogP contribution in [0.15, 0.2) is 42.3 Å². The van der Waals surface area contributed by atoms with Crippen molar-refractivity contribution in [3.05, 3.63) is 64.7 Å². The molecule has 3 aliphatic rings. The third-order valence-electron chi connectivity index (χ3n) is 4.74. The SMILES string of the molecule is CN1Cc2ccc(O)cc2C1=O.O=C1NC(=O)C(C2=Cc3ncccc3CO2)N1. The van der Waals surface area contributed by atoms with Crippen molar-refractivity contribution >= 4 is 23.9 Å². The number of pyridine rings is 1. The van der Waals surface area contributed by atoms with Gasteiger partial charge in [-0.1, -0.05) is 12.1 Å². The number of nitrogens with zero attached hydrogens (tertiary/aromatic N) is 2. The summed E-state index contributed by atoms with van der Waals surface area (Å²) in [6, 6.07) is 7.38. The molecule has 9 nitrogen and oxygen atoms in total. The van der Waals surface area contributed by atoms with Gasteiger partial charge in [-0.2, -0.15) is 0 Å². The molecule has 4 heterocycles. The Morgan fingerprint density at radius 3 is 2.79 bits per heavy atom. The number of hydrogen-bond donors (Lipinski definition) is 3. The Balaban J connectivity index is 0.000000150. The predicted octanol–water partition coefficient (Wildman–Crippen LogP) is 1.14. The first-order chi connectivity index (χ1) is 13.9. The van der Waals surface area contributed by atoms with Gasteiger partial charge in [-0.25, -0.2) is 4.79 Å². The van der Waals surface area contributed by atoms with Crippen molar-refractivity contribution in [3.63, 3.8) is 0 Å². The van der Waals surface area contributed by atoms with Crippen LogP contribution in [0.3, 0.4) is 0 Å². The molecule has 1 atom stereocenters. The number of ether oxygens (including phenoxy) is 1. The first kappa shape index (κ1) is 18.5. The maximum Gasteiger partial charge on any atom is 0.322 e. The Morgan fingerprint density at radius 2 is 2.03 bits per heavy atom. The molecule has 2 aromatic rings. The second-order valence-corrected chi connectivity index (χ2v) is 6.78. The number of benzene rings is 1. The first-order valence-corrected chi connectivity index (χ1v) is 8.89. The minimum Gasteiger partial charge on any atom is -0.508 e. The molecule has 0 saturated carbocycles. The molecule has 1 saturated heterocycles. The molecule has 5 rings (SSSR count). The van der Waals surface area contributed by atoms with E-state index in [2.05, 4.69) is 15.6 Å². The lowest BCUT2D eigenvalue weighted by Gasteiger charge is -2.19. The normalized spacial score (nSPS) is 19.2. The van der Waals surface area contributed by atoms with Crippen molar-refractivity contribution < 1.29 is 24.2 Å². The maximum atomic E-state index is 11.5. The topological polar surface area (TPSA) is 121 Å². The summed E-state index contributed by atoms with van der Waals surface area (Å²) in [5.41, 5.74) is 3.33. The Kier molecular flexibility index (Phi) is 4.63. The molecule has 148 valence electrons. The summed E-state index contributed by atoms with van der Waals surface area (Å²) in [6.07, 6.45) is 3.35. The number of phenolic OH excluding ortho intramolecular Hbond substituents is 1. The standard InChI is InChI=1S/C11H9N3O3.C9H9NO2/c15-10-9(13-11(16)14-10)8-4-7-6(5-17-8)2-1-3-12-7;1-10-5-6-2-3-7(11)4-8(6)9(10)12/h1-4,9H,5H2,(H2,13,14,15,16);2-4,11H,5H2,1H3. The number of amides is 4. The van der Waals surface area contributed by atoms with E-state index in [1.165, 1.54) is 6.07 Å². The fourth-order valence-electron chi connectivity index (χ4n) is 3.26. The van der Waals surface area contributed by atoms with Crippen LogP contribution >= 0.6 is 0 Å². The summed E-state index contributed by atoms with van der Waals surface area (Å²) in [4.78, 5) is 39.6. The zero-order valence-electron chi connectivity index (χ0n) is 15.5. The van der Waals surface area contributed by atoms with Gasteiger partial charge in [-0.3, -0.25) is 19.9 Å². The lowest BCUT2D eigenvalue weighted by Crippen LogP contribution is -2.33. The van der Waals surface area contributed by atoms with Crippen molar-refractivity contribution in [1.82, 2.24) is 20.5 Å². The molecular formula is C20H18N4O5. The van der Waals surface area contributed by atoms with Crippen LogP contribution in [0.4, 0.5) is 4.79 Å². The fraction of sp³-hybridized carbons (Fsp3) is 0.200. The number of aromatic hydroxyl groups is 1. The second kappa shape index (κ2) is 7.27. The van der Waals surface area contributed by atoms with E-state index in [0.717, 1.165) is 16.8 Å². The number of carbonyl (C=O) groups is 3. The number of carbonyl (C=O) groups excluding carboxylic acids is 3. The maximum absolute atomic E-state index is 11.5. The van der Waals surface area contributed by atoms with E-state index in [1.54, 1.807) is 36.4 Å². The minimum atomic E-state index is -0.752. The average Bonchev–Trinajstić information content (AvgIpc) is 3.20. The Morgan fingerprint density at radius 1 is 1.21 bits per heavy atom. The van der Waals surface area contributed by atoms with E-state index >= 15 is 0 Å². The van der Waals surface area contributed by atoms with Crippen LogP contribution in [-0.2, 0) is 22.7 Å². The summed E-state index contributed by atoms with van der Waals surface area (Å²) in [7, 11) is 1.75.